The van der Waals surface area contributed by atoms with E-state index in [1.54, 1.807) is 12.1 Å². The Hall–Kier alpha value is -1.28. The summed E-state index contributed by atoms with van der Waals surface area (Å²) in [4.78, 5) is 10.9. The highest BCUT2D eigenvalue weighted by Crippen LogP contribution is 2.34. The first-order valence-corrected chi connectivity index (χ1v) is 9.43. The third kappa shape index (κ3) is 4.63. The van der Waals surface area contributed by atoms with Crippen LogP contribution in [0.1, 0.15) is 5.56 Å². The number of hydrogen-bond acceptors (Lipinski definition) is 5. The first kappa shape index (κ1) is 19.1. The van der Waals surface area contributed by atoms with Crippen molar-refractivity contribution in [3.63, 3.8) is 0 Å². The van der Waals surface area contributed by atoms with Crippen molar-refractivity contribution in [3.05, 3.63) is 56.5 Å². The van der Waals surface area contributed by atoms with Gasteiger partial charge in [-0.05, 0) is 29.8 Å². The van der Waals surface area contributed by atoms with Crippen molar-refractivity contribution in [2.75, 3.05) is 7.11 Å². The molecule has 0 spiro atoms. The molecule has 2 aromatic rings. The lowest BCUT2D eigenvalue weighted by Crippen LogP contribution is -2.11. The van der Waals surface area contributed by atoms with E-state index in [2.05, 4.69) is 20.7 Å². The molecule has 0 aliphatic rings. The molecule has 0 aliphatic carbocycles. The van der Waals surface area contributed by atoms with Gasteiger partial charge in [0.1, 0.15) is 10.6 Å². The second-order valence-corrected chi connectivity index (χ2v) is 7.85. The second-order valence-electron chi connectivity index (χ2n) is 4.63. The van der Waals surface area contributed by atoms with Crippen molar-refractivity contribution in [2.45, 2.75) is 11.3 Å². The minimum atomic E-state index is -4.21. The maximum Gasteiger partial charge on any atom is 0.342 e. The van der Waals surface area contributed by atoms with Crippen LogP contribution in [-0.4, -0.2) is 21.5 Å². The van der Waals surface area contributed by atoms with Crippen molar-refractivity contribution >= 4 is 55.2 Å². The highest BCUT2D eigenvalue weighted by atomic mass is 79.9. The van der Waals surface area contributed by atoms with Crippen LogP contribution in [-0.2, 0) is 26.1 Å². The van der Waals surface area contributed by atoms with Gasteiger partial charge in [-0.15, -0.1) is 0 Å². The summed E-state index contributed by atoms with van der Waals surface area (Å²) in [5.41, 5.74) is 0.659. The Labute approximate surface area is 157 Å². The molecular formula is C15H11BrCl2O5S. The number of halogens is 3. The number of hydrogen-bond donors (Lipinski definition) is 0. The van der Waals surface area contributed by atoms with E-state index < -0.39 is 16.1 Å². The zero-order valence-electron chi connectivity index (χ0n) is 12.3. The molecule has 0 saturated heterocycles. The van der Waals surface area contributed by atoms with Crippen LogP contribution < -0.4 is 4.18 Å². The van der Waals surface area contributed by atoms with Gasteiger partial charge in [0.2, 0.25) is 0 Å². The van der Waals surface area contributed by atoms with Gasteiger partial charge in [-0.25, -0.2) is 0 Å². The third-order valence-electron chi connectivity index (χ3n) is 2.92. The minimum absolute atomic E-state index is 0.0586. The first-order valence-electron chi connectivity index (χ1n) is 6.47. The quantitative estimate of drug-likeness (QED) is 0.500. The lowest BCUT2D eigenvalue weighted by atomic mass is 10.1. The van der Waals surface area contributed by atoms with Crippen LogP contribution in [0.3, 0.4) is 0 Å². The maximum absolute atomic E-state index is 12.4. The molecule has 9 heteroatoms. The topological polar surface area (TPSA) is 69.7 Å². The average molecular weight is 454 g/mol. The van der Waals surface area contributed by atoms with Gasteiger partial charge in [0.15, 0.2) is 0 Å². The van der Waals surface area contributed by atoms with Crippen LogP contribution in [0.4, 0.5) is 0 Å². The molecule has 2 aromatic carbocycles. The molecule has 0 unspecified atom stereocenters. The van der Waals surface area contributed by atoms with E-state index in [4.69, 9.17) is 27.4 Å². The summed E-state index contributed by atoms with van der Waals surface area (Å²) in [6, 6.07) is 8.79. The van der Waals surface area contributed by atoms with Gasteiger partial charge in [-0.3, -0.25) is 4.79 Å². The van der Waals surface area contributed by atoms with Crippen molar-refractivity contribution in [1.82, 2.24) is 0 Å². The predicted molar refractivity (Wildman–Crippen MR) is 94.1 cm³/mol. The van der Waals surface area contributed by atoms with Crippen LogP contribution in [0.2, 0.25) is 10.0 Å². The van der Waals surface area contributed by atoms with E-state index in [-0.39, 0.29) is 27.1 Å². The number of rotatable bonds is 5. The summed E-state index contributed by atoms with van der Waals surface area (Å²) in [6.45, 7) is 0. The number of ether oxygens (including phenoxy) is 1. The normalized spacial score (nSPS) is 11.2. The van der Waals surface area contributed by atoms with Crippen molar-refractivity contribution < 1.29 is 22.1 Å². The molecule has 0 fully saturated rings. The van der Waals surface area contributed by atoms with Gasteiger partial charge < -0.3 is 8.92 Å². The summed E-state index contributed by atoms with van der Waals surface area (Å²) in [7, 11) is -2.92. The van der Waals surface area contributed by atoms with E-state index in [1.807, 2.05) is 0 Å². The van der Waals surface area contributed by atoms with Crippen molar-refractivity contribution in [3.8, 4) is 5.75 Å². The Kier molecular flexibility index (Phi) is 6.14. The second kappa shape index (κ2) is 7.74. The number of methoxy groups -OCH3 is 1. The van der Waals surface area contributed by atoms with Gasteiger partial charge >= 0.3 is 16.1 Å². The molecule has 0 amide bonds. The summed E-state index contributed by atoms with van der Waals surface area (Å²) in [5.74, 6) is -0.330. The van der Waals surface area contributed by atoms with E-state index in [9.17, 15) is 13.2 Å². The monoisotopic (exact) mass is 452 g/mol. The van der Waals surface area contributed by atoms with E-state index in [0.29, 0.717) is 10.0 Å². The summed E-state index contributed by atoms with van der Waals surface area (Å²) < 4.78 is 34.9. The Bertz CT molecular complexity index is 843. The SMILES string of the molecule is COC(=O)Cc1ccc(OS(=O)(=O)c2c(Cl)cc(Br)cc2Cl)cc1. The Balaban J connectivity index is 2.25. The molecule has 0 aliphatic heterocycles. The van der Waals surface area contributed by atoms with Gasteiger partial charge in [-0.2, -0.15) is 8.42 Å². The fourth-order valence-electron chi connectivity index (χ4n) is 1.84. The number of carbonyl (C=O) groups is 1. The Morgan fingerprint density at radius 3 is 2.17 bits per heavy atom. The number of esters is 1. The van der Waals surface area contributed by atoms with Crippen LogP contribution in [0.5, 0.6) is 5.75 Å². The van der Waals surface area contributed by atoms with E-state index in [0.717, 1.165) is 0 Å². The maximum atomic E-state index is 12.4. The Morgan fingerprint density at radius 1 is 1.12 bits per heavy atom. The highest BCUT2D eigenvalue weighted by Gasteiger charge is 2.24. The fourth-order valence-corrected chi connectivity index (χ4v) is 4.66. The fraction of sp³-hybridized carbons (Fsp3) is 0.133. The molecule has 2 rings (SSSR count). The zero-order valence-corrected chi connectivity index (χ0v) is 16.2. The molecule has 0 saturated carbocycles. The van der Waals surface area contributed by atoms with Gasteiger partial charge in [0.05, 0.1) is 23.6 Å². The molecular weight excluding hydrogens is 443 g/mol. The van der Waals surface area contributed by atoms with Crippen LogP contribution in [0.15, 0.2) is 45.8 Å². The van der Waals surface area contributed by atoms with E-state index >= 15 is 0 Å². The summed E-state index contributed by atoms with van der Waals surface area (Å²) in [6.07, 6.45) is 0.0773. The minimum Gasteiger partial charge on any atom is -0.469 e. The highest BCUT2D eigenvalue weighted by molar-refractivity contribution is 9.10. The smallest absolute Gasteiger partial charge is 0.342 e. The predicted octanol–water partition coefficient (Wildman–Crippen LogP) is 4.24. The summed E-state index contributed by atoms with van der Waals surface area (Å²) >= 11 is 15.1. The molecule has 0 aromatic heterocycles. The molecule has 0 atom stereocenters. The van der Waals surface area contributed by atoms with Crippen LogP contribution >= 0.6 is 39.1 Å². The van der Waals surface area contributed by atoms with Crippen molar-refractivity contribution in [2.24, 2.45) is 0 Å². The molecule has 0 bridgehead atoms. The zero-order chi connectivity index (χ0) is 17.9. The molecule has 5 nitrogen and oxygen atoms in total. The lowest BCUT2D eigenvalue weighted by molar-refractivity contribution is -0.139. The number of carbonyl (C=O) groups excluding carboxylic acids is 1. The van der Waals surface area contributed by atoms with Crippen LogP contribution in [0.25, 0.3) is 0 Å². The first-order chi connectivity index (χ1) is 11.2. The third-order valence-corrected chi connectivity index (χ3v) is 5.55. The molecule has 0 heterocycles. The number of benzene rings is 2. The van der Waals surface area contributed by atoms with Crippen LogP contribution in [0, 0.1) is 0 Å². The van der Waals surface area contributed by atoms with Crippen molar-refractivity contribution in [1.29, 1.82) is 0 Å². The van der Waals surface area contributed by atoms with Gasteiger partial charge in [-0.1, -0.05) is 51.3 Å². The summed E-state index contributed by atoms with van der Waals surface area (Å²) in [5, 5.41) is -0.117. The standard InChI is InChI=1S/C15H11BrCl2O5S/c1-22-14(19)6-9-2-4-11(5-3-9)23-24(20,21)15-12(17)7-10(16)8-13(15)18/h2-5,7-8H,6H2,1H3. The van der Waals surface area contributed by atoms with Gasteiger partial charge in [0.25, 0.3) is 0 Å². The van der Waals surface area contributed by atoms with E-state index in [1.165, 1.54) is 31.4 Å². The molecule has 24 heavy (non-hydrogen) atoms. The average Bonchev–Trinajstić information content (AvgIpc) is 2.47. The van der Waals surface area contributed by atoms with Gasteiger partial charge in [0, 0.05) is 4.47 Å². The molecule has 0 radical (unpaired) electrons. The Morgan fingerprint density at radius 2 is 1.67 bits per heavy atom. The molecule has 128 valence electrons. The largest absolute Gasteiger partial charge is 0.469 e. The molecule has 0 N–H and O–H groups in total. The lowest BCUT2D eigenvalue weighted by Gasteiger charge is -2.11.